The van der Waals surface area contributed by atoms with E-state index in [0.29, 0.717) is 47.8 Å². The summed E-state index contributed by atoms with van der Waals surface area (Å²) in [6.45, 7) is 1.06. The highest BCUT2D eigenvalue weighted by atomic mass is 35.5. The molecule has 0 unspecified atom stereocenters. The van der Waals surface area contributed by atoms with Crippen molar-refractivity contribution in [1.82, 2.24) is 4.90 Å². The number of likely N-dealkylation sites (tertiary alicyclic amines) is 1. The van der Waals surface area contributed by atoms with Gasteiger partial charge in [-0.2, -0.15) is 0 Å². The van der Waals surface area contributed by atoms with E-state index in [0.717, 1.165) is 5.75 Å². The van der Waals surface area contributed by atoms with Gasteiger partial charge in [-0.25, -0.2) is 0 Å². The van der Waals surface area contributed by atoms with Gasteiger partial charge in [-0.3, -0.25) is 9.59 Å². The Balaban J connectivity index is 1.65. The minimum atomic E-state index is -0.121. The average molecular weight is 388 g/mol. The van der Waals surface area contributed by atoms with Gasteiger partial charge in [0.15, 0.2) is 5.78 Å². The Morgan fingerprint density at radius 1 is 1.00 bits per heavy atom. The number of rotatable bonds is 5. The zero-order valence-corrected chi connectivity index (χ0v) is 16.2. The number of Topliss-reactive ketones (excluding diaryl/α,β-unsaturated/α-hetero) is 1. The molecule has 6 heteroatoms. The van der Waals surface area contributed by atoms with Crippen LogP contribution in [0.25, 0.3) is 0 Å². The lowest BCUT2D eigenvalue weighted by Gasteiger charge is -2.31. The molecule has 1 aliphatic rings. The van der Waals surface area contributed by atoms with Crippen LogP contribution in [0.2, 0.25) is 5.02 Å². The predicted molar refractivity (Wildman–Crippen MR) is 104 cm³/mol. The molecule has 1 fully saturated rings. The number of amides is 1. The van der Waals surface area contributed by atoms with Crippen LogP contribution in [-0.2, 0) is 0 Å². The molecular weight excluding hydrogens is 366 g/mol. The van der Waals surface area contributed by atoms with Gasteiger partial charge in [0.2, 0.25) is 0 Å². The van der Waals surface area contributed by atoms with Crippen molar-refractivity contribution in [2.24, 2.45) is 5.92 Å². The summed E-state index contributed by atoms with van der Waals surface area (Å²) in [7, 11) is 3.12. The molecule has 1 aliphatic heterocycles. The maximum Gasteiger partial charge on any atom is 0.257 e. The Labute approximate surface area is 163 Å². The highest BCUT2D eigenvalue weighted by Crippen LogP contribution is 2.28. The van der Waals surface area contributed by atoms with E-state index in [4.69, 9.17) is 21.1 Å². The number of hydrogen-bond donors (Lipinski definition) is 0. The highest BCUT2D eigenvalue weighted by Gasteiger charge is 2.29. The van der Waals surface area contributed by atoms with E-state index >= 15 is 0 Å². The summed E-state index contributed by atoms with van der Waals surface area (Å²) in [5, 5.41) is 0.490. The van der Waals surface area contributed by atoms with Gasteiger partial charge in [0.1, 0.15) is 11.5 Å². The molecule has 2 aromatic rings. The number of hydrogen-bond acceptors (Lipinski definition) is 4. The third-order valence-electron chi connectivity index (χ3n) is 4.92. The summed E-state index contributed by atoms with van der Waals surface area (Å²) in [6, 6.07) is 12.2. The highest BCUT2D eigenvalue weighted by molar-refractivity contribution is 6.31. The first kappa shape index (κ1) is 19.2. The molecule has 142 valence electrons. The molecule has 27 heavy (non-hydrogen) atoms. The van der Waals surface area contributed by atoms with Gasteiger partial charge in [-0.05, 0) is 55.3 Å². The molecule has 5 nitrogen and oxygen atoms in total. The van der Waals surface area contributed by atoms with Gasteiger partial charge in [0.25, 0.3) is 5.91 Å². The van der Waals surface area contributed by atoms with Crippen LogP contribution in [0.5, 0.6) is 11.5 Å². The SMILES string of the molecule is COc1ccc(C(=O)C2CCN(C(=O)c3cc(Cl)ccc3OC)CC2)cc1. The topological polar surface area (TPSA) is 55.8 Å². The summed E-state index contributed by atoms with van der Waals surface area (Å²) in [6.07, 6.45) is 1.28. The van der Waals surface area contributed by atoms with Crippen LogP contribution >= 0.6 is 11.6 Å². The van der Waals surface area contributed by atoms with Gasteiger partial charge in [0, 0.05) is 29.6 Å². The smallest absolute Gasteiger partial charge is 0.257 e. The van der Waals surface area contributed by atoms with Crippen molar-refractivity contribution in [3.8, 4) is 11.5 Å². The molecule has 3 rings (SSSR count). The normalized spacial score (nSPS) is 14.7. The molecule has 0 bridgehead atoms. The Kier molecular flexibility index (Phi) is 6.01. The predicted octanol–water partition coefficient (Wildman–Crippen LogP) is 4.09. The first-order valence-electron chi connectivity index (χ1n) is 8.84. The average Bonchev–Trinajstić information content (AvgIpc) is 2.73. The lowest BCUT2D eigenvalue weighted by atomic mass is 9.88. The van der Waals surface area contributed by atoms with Gasteiger partial charge in [-0.15, -0.1) is 0 Å². The van der Waals surface area contributed by atoms with Crippen molar-refractivity contribution in [2.75, 3.05) is 27.3 Å². The number of methoxy groups -OCH3 is 2. The monoisotopic (exact) mass is 387 g/mol. The summed E-state index contributed by atoms with van der Waals surface area (Å²) in [4.78, 5) is 27.3. The van der Waals surface area contributed by atoms with Gasteiger partial charge in [-0.1, -0.05) is 11.6 Å². The third-order valence-corrected chi connectivity index (χ3v) is 5.15. The number of benzene rings is 2. The molecule has 1 amide bonds. The van der Waals surface area contributed by atoms with Crippen LogP contribution in [0.3, 0.4) is 0 Å². The van der Waals surface area contributed by atoms with E-state index in [-0.39, 0.29) is 17.6 Å². The number of carbonyl (C=O) groups excluding carboxylic acids is 2. The van der Waals surface area contributed by atoms with Crippen LogP contribution in [0, 0.1) is 5.92 Å². The van der Waals surface area contributed by atoms with Crippen molar-refractivity contribution in [2.45, 2.75) is 12.8 Å². The van der Waals surface area contributed by atoms with Gasteiger partial charge in [0.05, 0.1) is 19.8 Å². The fourth-order valence-electron chi connectivity index (χ4n) is 3.35. The quantitative estimate of drug-likeness (QED) is 0.725. The van der Waals surface area contributed by atoms with E-state index in [1.54, 1.807) is 54.5 Å². The van der Waals surface area contributed by atoms with E-state index in [9.17, 15) is 9.59 Å². The second-order valence-electron chi connectivity index (χ2n) is 6.50. The zero-order chi connectivity index (χ0) is 19.4. The Hall–Kier alpha value is -2.53. The second-order valence-corrected chi connectivity index (χ2v) is 6.94. The van der Waals surface area contributed by atoms with Crippen molar-refractivity contribution in [3.05, 3.63) is 58.6 Å². The summed E-state index contributed by atoms with van der Waals surface area (Å²) in [5.74, 6) is 1.14. The maximum atomic E-state index is 12.8. The number of ether oxygens (including phenoxy) is 2. The van der Waals surface area contributed by atoms with Gasteiger partial charge < -0.3 is 14.4 Å². The van der Waals surface area contributed by atoms with Crippen LogP contribution < -0.4 is 9.47 Å². The third kappa shape index (κ3) is 4.25. The van der Waals surface area contributed by atoms with E-state index in [1.165, 1.54) is 7.11 Å². The first-order valence-corrected chi connectivity index (χ1v) is 9.22. The van der Waals surface area contributed by atoms with Crippen LogP contribution in [0.1, 0.15) is 33.6 Å². The maximum absolute atomic E-state index is 12.8. The fraction of sp³-hybridized carbons (Fsp3) is 0.333. The number of nitrogens with zero attached hydrogens (tertiary/aromatic N) is 1. The van der Waals surface area contributed by atoms with Crippen LogP contribution in [-0.4, -0.2) is 43.9 Å². The second kappa shape index (κ2) is 8.44. The summed E-state index contributed by atoms with van der Waals surface area (Å²) < 4.78 is 10.4. The molecule has 0 N–H and O–H groups in total. The van der Waals surface area contributed by atoms with Crippen LogP contribution in [0.4, 0.5) is 0 Å². The molecule has 1 heterocycles. The minimum Gasteiger partial charge on any atom is -0.497 e. The molecule has 0 aliphatic carbocycles. The van der Waals surface area contributed by atoms with Crippen LogP contribution in [0.15, 0.2) is 42.5 Å². The lowest BCUT2D eigenvalue weighted by Crippen LogP contribution is -2.40. The Morgan fingerprint density at radius 2 is 1.67 bits per heavy atom. The zero-order valence-electron chi connectivity index (χ0n) is 15.4. The molecule has 0 spiro atoms. The van der Waals surface area contributed by atoms with Crippen molar-refractivity contribution in [3.63, 3.8) is 0 Å². The standard InChI is InChI=1S/C21H22ClNO4/c1-26-17-6-3-14(4-7-17)20(24)15-9-11-23(12-10-15)21(25)18-13-16(22)5-8-19(18)27-2/h3-8,13,15H,9-12H2,1-2H3. The minimum absolute atomic E-state index is 0.0799. The summed E-state index contributed by atoms with van der Waals surface area (Å²) in [5.41, 5.74) is 1.13. The van der Waals surface area contributed by atoms with E-state index in [1.807, 2.05) is 0 Å². The molecular formula is C21H22ClNO4. The Bertz CT molecular complexity index is 827. The number of piperidine rings is 1. The molecule has 0 saturated carbocycles. The fourth-order valence-corrected chi connectivity index (χ4v) is 3.53. The van der Waals surface area contributed by atoms with Crippen molar-refractivity contribution in [1.29, 1.82) is 0 Å². The van der Waals surface area contributed by atoms with Gasteiger partial charge >= 0.3 is 0 Å². The van der Waals surface area contributed by atoms with Crippen molar-refractivity contribution >= 4 is 23.3 Å². The van der Waals surface area contributed by atoms with Crippen molar-refractivity contribution < 1.29 is 19.1 Å². The molecule has 1 saturated heterocycles. The number of ketones is 1. The lowest BCUT2D eigenvalue weighted by molar-refractivity contribution is 0.0647. The Morgan fingerprint density at radius 3 is 2.26 bits per heavy atom. The number of carbonyl (C=O) groups is 2. The van der Waals surface area contributed by atoms with E-state index in [2.05, 4.69) is 0 Å². The number of halogens is 1. The molecule has 0 aromatic heterocycles. The van der Waals surface area contributed by atoms with E-state index < -0.39 is 0 Å². The molecule has 2 aromatic carbocycles. The molecule has 0 radical (unpaired) electrons. The summed E-state index contributed by atoms with van der Waals surface area (Å²) >= 11 is 6.03. The first-order chi connectivity index (χ1) is 13.0. The largest absolute Gasteiger partial charge is 0.497 e. The molecule has 0 atom stereocenters.